The Labute approximate surface area is 138 Å². The van der Waals surface area contributed by atoms with Crippen molar-refractivity contribution in [3.05, 3.63) is 63.1 Å². The lowest BCUT2D eigenvalue weighted by molar-refractivity contribution is 0.220. The van der Waals surface area contributed by atoms with Crippen LogP contribution in [0.1, 0.15) is 5.56 Å². The lowest BCUT2D eigenvalue weighted by atomic mass is 10.2. The molecule has 2 rings (SSSR count). The van der Waals surface area contributed by atoms with Crippen molar-refractivity contribution < 1.29 is 4.79 Å². The van der Waals surface area contributed by atoms with Gasteiger partial charge in [0.15, 0.2) is 0 Å². The summed E-state index contributed by atoms with van der Waals surface area (Å²) in [6.07, 6.45) is 0. The van der Waals surface area contributed by atoms with Crippen LogP contribution in [0.4, 0.5) is 10.5 Å². The summed E-state index contributed by atoms with van der Waals surface area (Å²) in [4.78, 5) is 13.7. The molecular weight excluding hydrogens is 331 g/mol. The Morgan fingerprint density at radius 1 is 1.10 bits per heavy atom. The van der Waals surface area contributed by atoms with E-state index in [9.17, 15) is 4.79 Å². The minimum atomic E-state index is -0.279. The summed E-state index contributed by atoms with van der Waals surface area (Å²) in [5, 5.41) is 4.26. The number of halogens is 3. The molecule has 0 aliphatic carbocycles. The summed E-state index contributed by atoms with van der Waals surface area (Å²) in [7, 11) is 1.68. The number of urea groups is 1. The molecule has 0 unspecified atom stereocenters. The van der Waals surface area contributed by atoms with E-state index in [0.29, 0.717) is 27.3 Å². The van der Waals surface area contributed by atoms with Gasteiger partial charge < -0.3 is 10.2 Å². The maximum atomic E-state index is 12.1. The lowest BCUT2D eigenvalue weighted by Crippen LogP contribution is -2.31. The number of nitrogens with one attached hydrogen (secondary N) is 1. The maximum absolute atomic E-state index is 12.1. The van der Waals surface area contributed by atoms with Gasteiger partial charge >= 0.3 is 6.03 Å². The van der Waals surface area contributed by atoms with E-state index in [4.69, 9.17) is 34.8 Å². The number of anilines is 1. The fraction of sp³-hybridized carbons (Fsp3) is 0.133. The first-order chi connectivity index (χ1) is 9.97. The first-order valence-corrected chi connectivity index (χ1v) is 7.31. The second kappa shape index (κ2) is 7.03. The van der Waals surface area contributed by atoms with Crippen LogP contribution in [0.2, 0.25) is 15.1 Å². The van der Waals surface area contributed by atoms with Gasteiger partial charge in [0.05, 0.1) is 10.7 Å². The molecule has 0 saturated heterocycles. The van der Waals surface area contributed by atoms with Gasteiger partial charge in [-0.05, 0) is 29.8 Å². The Morgan fingerprint density at radius 3 is 2.48 bits per heavy atom. The van der Waals surface area contributed by atoms with Gasteiger partial charge in [-0.2, -0.15) is 0 Å². The SMILES string of the molecule is CN(Cc1ccccc1Cl)C(=O)Nc1ccc(Cl)cc1Cl. The second-order valence-electron chi connectivity index (χ2n) is 4.50. The summed E-state index contributed by atoms with van der Waals surface area (Å²) in [6.45, 7) is 0.400. The molecule has 2 aromatic rings. The van der Waals surface area contributed by atoms with Crippen molar-refractivity contribution in [1.82, 2.24) is 4.90 Å². The van der Waals surface area contributed by atoms with E-state index in [-0.39, 0.29) is 6.03 Å². The quantitative estimate of drug-likeness (QED) is 0.804. The van der Waals surface area contributed by atoms with Crippen molar-refractivity contribution in [2.45, 2.75) is 6.54 Å². The lowest BCUT2D eigenvalue weighted by Gasteiger charge is -2.19. The Hall–Kier alpha value is -1.42. The molecule has 0 spiro atoms. The zero-order valence-corrected chi connectivity index (χ0v) is 13.5. The van der Waals surface area contributed by atoms with Crippen LogP contribution in [0.15, 0.2) is 42.5 Å². The van der Waals surface area contributed by atoms with Crippen molar-refractivity contribution in [2.75, 3.05) is 12.4 Å². The molecule has 0 radical (unpaired) electrons. The van der Waals surface area contributed by atoms with Gasteiger partial charge in [-0.15, -0.1) is 0 Å². The van der Waals surface area contributed by atoms with E-state index in [2.05, 4.69) is 5.32 Å². The van der Waals surface area contributed by atoms with Crippen molar-refractivity contribution in [3.63, 3.8) is 0 Å². The summed E-state index contributed by atoms with van der Waals surface area (Å²) < 4.78 is 0. The summed E-state index contributed by atoms with van der Waals surface area (Å²) in [5.74, 6) is 0. The first kappa shape index (κ1) is 16.0. The molecule has 0 aliphatic rings. The van der Waals surface area contributed by atoms with Crippen LogP contribution in [0.3, 0.4) is 0 Å². The molecule has 0 atom stereocenters. The minimum Gasteiger partial charge on any atom is -0.323 e. The molecule has 110 valence electrons. The third-order valence-electron chi connectivity index (χ3n) is 2.88. The average molecular weight is 344 g/mol. The number of benzene rings is 2. The molecule has 1 N–H and O–H groups in total. The van der Waals surface area contributed by atoms with E-state index in [1.165, 1.54) is 4.90 Å². The maximum Gasteiger partial charge on any atom is 0.321 e. The van der Waals surface area contributed by atoms with E-state index < -0.39 is 0 Å². The number of carbonyl (C=O) groups is 1. The zero-order valence-electron chi connectivity index (χ0n) is 11.2. The van der Waals surface area contributed by atoms with E-state index in [1.54, 1.807) is 31.3 Å². The summed E-state index contributed by atoms with van der Waals surface area (Å²) in [5.41, 5.74) is 1.39. The predicted molar refractivity (Wildman–Crippen MR) is 88.4 cm³/mol. The molecule has 0 saturated carbocycles. The van der Waals surface area contributed by atoms with Gasteiger partial charge in [-0.3, -0.25) is 0 Å². The molecule has 2 amide bonds. The van der Waals surface area contributed by atoms with Gasteiger partial charge in [-0.1, -0.05) is 53.0 Å². The smallest absolute Gasteiger partial charge is 0.321 e. The highest BCUT2D eigenvalue weighted by atomic mass is 35.5. The van der Waals surface area contributed by atoms with Crippen molar-refractivity contribution in [1.29, 1.82) is 0 Å². The standard InChI is InChI=1S/C15H13Cl3N2O/c1-20(9-10-4-2-3-5-12(10)17)15(21)19-14-7-6-11(16)8-13(14)18/h2-8H,9H2,1H3,(H,19,21). The van der Waals surface area contributed by atoms with Crippen molar-refractivity contribution in [3.8, 4) is 0 Å². The van der Waals surface area contributed by atoms with E-state index >= 15 is 0 Å². The highest BCUT2D eigenvalue weighted by molar-refractivity contribution is 6.36. The summed E-state index contributed by atoms with van der Waals surface area (Å²) in [6, 6.07) is 12.0. The van der Waals surface area contributed by atoms with Gasteiger partial charge in [-0.25, -0.2) is 4.79 Å². The zero-order chi connectivity index (χ0) is 15.4. The van der Waals surface area contributed by atoms with Gasteiger partial charge in [0.1, 0.15) is 0 Å². The number of carbonyl (C=O) groups excluding carboxylic acids is 1. The molecular formula is C15H13Cl3N2O. The van der Waals surface area contributed by atoms with Gasteiger partial charge in [0, 0.05) is 23.6 Å². The Bertz CT molecular complexity index is 661. The largest absolute Gasteiger partial charge is 0.323 e. The molecule has 0 aliphatic heterocycles. The monoisotopic (exact) mass is 342 g/mol. The highest BCUT2D eigenvalue weighted by Gasteiger charge is 2.12. The third-order valence-corrected chi connectivity index (χ3v) is 3.80. The highest BCUT2D eigenvalue weighted by Crippen LogP contribution is 2.25. The van der Waals surface area contributed by atoms with Gasteiger partial charge in [0.2, 0.25) is 0 Å². The van der Waals surface area contributed by atoms with Crippen LogP contribution in [-0.4, -0.2) is 18.0 Å². The number of rotatable bonds is 3. The van der Waals surface area contributed by atoms with Crippen LogP contribution >= 0.6 is 34.8 Å². The van der Waals surface area contributed by atoms with Crippen LogP contribution in [0, 0.1) is 0 Å². The number of hydrogen-bond donors (Lipinski definition) is 1. The fourth-order valence-corrected chi connectivity index (χ4v) is 2.41. The third kappa shape index (κ3) is 4.27. The number of amides is 2. The molecule has 0 heterocycles. The van der Waals surface area contributed by atoms with Gasteiger partial charge in [0.25, 0.3) is 0 Å². The van der Waals surface area contributed by atoms with E-state index in [1.807, 2.05) is 18.2 Å². The fourth-order valence-electron chi connectivity index (χ4n) is 1.76. The van der Waals surface area contributed by atoms with Crippen LogP contribution in [0.5, 0.6) is 0 Å². The Morgan fingerprint density at radius 2 is 1.81 bits per heavy atom. The predicted octanol–water partition coefficient (Wildman–Crippen LogP) is 5.31. The normalized spacial score (nSPS) is 10.3. The minimum absolute atomic E-state index is 0.279. The molecule has 2 aromatic carbocycles. The number of hydrogen-bond acceptors (Lipinski definition) is 1. The Balaban J connectivity index is 2.04. The molecule has 6 heteroatoms. The van der Waals surface area contributed by atoms with Crippen molar-refractivity contribution in [2.24, 2.45) is 0 Å². The Kier molecular flexibility index (Phi) is 5.34. The second-order valence-corrected chi connectivity index (χ2v) is 5.75. The molecule has 21 heavy (non-hydrogen) atoms. The molecule has 0 bridgehead atoms. The van der Waals surface area contributed by atoms with E-state index in [0.717, 1.165) is 5.56 Å². The first-order valence-electron chi connectivity index (χ1n) is 6.18. The molecule has 0 aromatic heterocycles. The van der Waals surface area contributed by atoms with Crippen LogP contribution < -0.4 is 5.32 Å². The van der Waals surface area contributed by atoms with Crippen LogP contribution in [0.25, 0.3) is 0 Å². The molecule has 3 nitrogen and oxygen atoms in total. The molecule has 0 fully saturated rings. The number of nitrogens with zero attached hydrogens (tertiary/aromatic N) is 1. The topological polar surface area (TPSA) is 32.3 Å². The summed E-state index contributed by atoms with van der Waals surface area (Å²) >= 11 is 17.9. The van der Waals surface area contributed by atoms with Crippen LogP contribution in [-0.2, 0) is 6.54 Å². The average Bonchev–Trinajstić information content (AvgIpc) is 2.44. The van der Waals surface area contributed by atoms with Crippen molar-refractivity contribution >= 4 is 46.5 Å².